The summed E-state index contributed by atoms with van der Waals surface area (Å²) in [7, 11) is 0. The van der Waals surface area contributed by atoms with Gasteiger partial charge in [-0.25, -0.2) is 0 Å². The SMILES string of the molecule is C[C@@H]1O[C@@H](n2c3ccccc3c3c4c(c5c6ccccc6[nH]c5c32)CNC4=O)C[C@@H](N)[C@H]1OC(O)C1CO1. The van der Waals surface area contributed by atoms with Crippen molar-refractivity contribution in [1.29, 1.82) is 0 Å². The predicted molar refractivity (Wildman–Crippen MR) is 143 cm³/mol. The summed E-state index contributed by atoms with van der Waals surface area (Å²) in [5.74, 6) is -0.0561. The summed E-state index contributed by atoms with van der Waals surface area (Å²) in [6, 6.07) is 16.0. The van der Waals surface area contributed by atoms with E-state index in [1.54, 1.807) is 0 Å². The Morgan fingerprint density at radius 1 is 1.13 bits per heavy atom. The number of aliphatic hydroxyl groups excluding tert-OH is 1. The fraction of sp³-hybridized carbons (Fsp3) is 0.345. The van der Waals surface area contributed by atoms with Gasteiger partial charge in [-0.1, -0.05) is 36.4 Å². The van der Waals surface area contributed by atoms with Crippen molar-refractivity contribution in [3.63, 3.8) is 0 Å². The maximum atomic E-state index is 13.3. The van der Waals surface area contributed by atoms with Gasteiger partial charge in [-0.2, -0.15) is 0 Å². The number of nitrogens with one attached hydrogen (secondary N) is 2. The standard InChI is InChI=1S/C29H28N4O5/c1-13-27(38-29(35)20-12-36-20)17(30)10-21(37-13)33-19-9-5-3-7-15(19)23-24-16(11-31-28(24)34)22-14-6-2-4-8-18(14)32-25(22)26(23)33/h2-9,13,17,20-21,27,29,32,35H,10-12,30H2,1H3,(H,31,34)/t13-,17+,20?,21+,27-,29?/m0/s1. The number of aromatic amines is 1. The maximum Gasteiger partial charge on any atom is 0.252 e. The molecule has 3 aliphatic heterocycles. The summed E-state index contributed by atoms with van der Waals surface area (Å²) in [5.41, 5.74) is 12.3. The molecule has 5 aromatic rings. The lowest BCUT2D eigenvalue weighted by molar-refractivity contribution is -0.221. The number of hydrogen-bond acceptors (Lipinski definition) is 6. The summed E-state index contributed by atoms with van der Waals surface area (Å²) in [6.45, 7) is 2.91. The number of epoxide rings is 1. The zero-order valence-corrected chi connectivity index (χ0v) is 20.8. The first kappa shape index (κ1) is 22.5. The number of hydrogen-bond donors (Lipinski definition) is 4. The molecule has 9 heteroatoms. The first-order valence-electron chi connectivity index (χ1n) is 13.1. The van der Waals surface area contributed by atoms with Gasteiger partial charge in [-0.15, -0.1) is 0 Å². The van der Waals surface area contributed by atoms with Crippen LogP contribution in [0.2, 0.25) is 0 Å². The zero-order valence-electron chi connectivity index (χ0n) is 20.8. The van der Waals surface area contributed by atoms with Crippen molar-refractivity contribution >= 4 is 49.5 Å². The predicted octanol–water partition coefficient (Wildman–Crippen LogP) is 3.41. The van der Waals surface area contributed by atoms with Crippen LogP contribution in [0, 0.1) is 0 Å². The molecule has 2 fully saturated rings. The molecule has 5 N–H and O–H groups in total. The van der Waals surface area contributed by atoms with Gasteiger partial charge >= 0.3 is 0 Å². The van der Waals surface area contributed by atoms with Crippen molar-refractivity contribution in [3.05, 3.63) is 59.7 Å². The molecule has 0 aliphatic carbocycles. The van der Waals surface area contributed by atoms with E-state index in [0.717, 1.165) is 54.7 Å². The van der Waals surface area contributed by atoms with Crippen molar-refractivity contribution in [2.24, 2.45) is 5.73 Å². The molecular weight excluding hydrogens is 484 g/mol. The fourth-order valence-corrected chi connectivity index (χ4v) is 6.60. The van der Waals surface area contributed by atoms with Crippen LogP contribution in [-0.2, 0) is 20.8 Å². The number of nitrogens with zero attached hydrogens (tertiary/aromatic N) is 1. The molecule has 0 saturated carbocycles. The molecule has 8 rings (SSSR count). The van der Waals surface area contributed by atoms with Crippen LogP contribution in [0.5, 0.6) is 0 Å². The molecule has 0 radical (unpaired) electrons. The number of aliphatic hydroxyl groups is 1. The smallest absolute Gasteiger partial charge is 0.252 e. The van der Waals surface area contributed by atoms with Gasteiger partial charge in [0.05, 0.1) is 34.8 Å². The lowest BCUT2D eigenvalue weighted by atomic mass is 9.97. The van der Waals surface area contributed by atoms with Crippen LogP contribution in [0.4, 0.5) is 0 Å². The van der Waals surface area contributed by atoms with Gasteiger partial charge in [0.25, 0.3) is 5.91 Å². The second-order valence-electron chi connectivity index (χ2n) is 10.6. The first-order valence-corrected chi connectivity index (χ1v) is 13.1. The molecule has 3 aliphatic rings. The summed E-state index contributed by atoms with van der Waals surface area (Å²) in [4.78, 5) is 17.0. The van der Waals surface area contributed by atoms with Crippen LogP contribution in [0.25, 0.3) is 43.6 Å². The molecule has 3 aromatic carbocycles. The number of H-pyrrole nitrogens is 1. The van der Waals surface area contributed by atoms with Crippen LogP contribution >= 0.6 is 0 Å². The van der Waals surface area contributed by atoms with E-state index < -0.39 is 18.6 Å². The highest BCUT2D eigenvalue weighted by Crippen LogP contribution is 2.46. The first-order chi connectivity index (χ1) is 18.5. The Hall–Kier alpha value is -3.47. The van der Waals surface area contributed by atoms with Gasteiger partial charge in [0.15, 0.2) is 6.29 Å². The number of para-hydroxylation sites is 2. The van der Waals surface area contributed by atoms with Crippen LogP contribution < -0.4 is 11.1 Å². The van der Waals surface area contributed by atoms with Gasteiger partial charge in [0.1, 0.15) is 18.4 Å². The Kier molecular flexibility index (Phi) is 4.75. The van der Waals surface area contributed by atoms with E-state index in [2.05, 4.69) is 39.1 Å². The van der Waals surface area contributed by atoms with Crippen molar-refractivity contribution in [3.8, 4) is 0 Å². The third kappa shape index (κ3) is 3.08. The highest BCUT2D eigenvalue weighted by atomic mass is 16.7. The topological polar surface area (TPSA) is 127 Å². The molecular formula is C29H28N4O5. The Morgan fingerprint density at radius 3 is 2.68 bits per heavy atom. The number of aromatic nitrogens is 2. The van der Waals surface area contributed by atoms with E-state index in [1.807, 2.05) is 31.2 Å². The number of fused-ring (bicyclic) bond motifs is 10. The monoisotopic (exact) mass is 512 g/mol. The quantitative estimate of drug-likeness (QED) is 0.216. The number of ether oxygens (including phenoxy) is 3. The maximum absolute atomic E-state index is 13.3. The highest BCUT2D eigenvalue weighted by molar-refractivity contribution is 6.30. The third-order valence-electron chi connectivity index (χ3n) is 8.35. The van der Waals surface area contributed by atoms with Crippen molar-refractivity contribution in [1.82, 2.24) is 14.9 Å². The minimum atomic E-state index is -1.02. The van der Waals surface area contributed by atoms with Gasteiger partial charge in [-0.3, -0.25) is 4.79 Å². The largest absolute Gasteiger partial charge is 0.368 e. The molecule has 6 atom stereocenters. The zero-order chi connectivity index (χ0) is 25.7. The van der Waals surface area contributed by atoms with Crippen LogP contribution in [0.3, 0.4) is 0 Å². The molecule has 2 unspecified atom stereocenters. The summed E-state index contributed by atoms with van der Waals surface area (Å²) < 4.78 is 19.8. The Labute approximate surface area is 217 Å². The van der Waals surface area contributed by atoms with E-state index in [9.17, 15) is 9.90 Å². The molecule has 2 aromatic heterocycles. The minimum absolute atomic E-state index is 0.0561. The van der Waals surface area contributed by atoms with Gasteiger partial charge in [-0.05, 0) is 24.6 Å². The number of rotatable bonds is 4. The minimum Gasteiger partial charge on any atom is -0.368 e. The van der Waals surface area contributed by atoms with Crippen molar-refractivity contribution < 1.29 is 24.1 Å². The van der Waals surface area contributed by atoms with Gasteiger partial charge < -0.3 is 39.9 Å². The van der Waals surface area contributed by atoms with Gasteiger partial charge in [0.2, 0.25) is 0 Å². The molecule has 9 nitrogen and oxygen atoms in total. The van der Waals surface area contributed by atoms with Gasteiger partial charge in [0, 0.05) is 46.1 Å². The number of nitrogens with two attached hydrogens (primary N) is 1. The second kappa shape index (κ2) is 8.02. The second-order valence-corrected chi connectivity index (χ2v) is 10.6. The molecule has 0 spiro atoms. The summed E-state index contributed by atoms with van der Waals surface area (Å²) in [6.07, 6.45) is -2.08. The van der Waals surface area contributed by atoms with Crippen LogP contribution in [0.1, 0.15) is 35.5 Å². The Morgan fingerprint density at radius 2 is 1.89 bits per heavy atom. The summed E-state index contributed by atoms with van der Waals surface area (Å²) >= 11 is 0. The van der Waals surface area contributed by atoms with E-state index in [-0.39, 0.29) is 24.2 Å². The number of carbonyl (C=O) groups is 1. The average molecular weight is 513 g/mol. The van der Waals surface area contributed by atoms with Crippen molar-refractivity contribution in [2.75, 3.05) is 6.61 Å². The number of amides is 1. The lowest BCUT2D eigenvalue weighted by Crippen LogP contribution is -2.52. The fourth-order valence-electron chi connectivity index (χ4n) is 6.60. The normalized spacial score (nSPS) is 27.9. The van der Waals surface area contributed by atoms with E-state index >= 15 is 0 Å². The molecule has 5 heterocycles. The van der Waals surface area contributed by atoms with Crippen LogP contribution in [-0.4, -0.2) is 57.8 Å². The van der Waals surface area contributed by atoms with E-state index in [4.69, 9.17) is 19.9 Å². The molecule has 2 saturated heterocycles. The van der Waals surface area contributed by atoms with E-state index in [1.165, 1.54) is 0 Å². The highest BCUT2D eigenvalue weighted by Gasteiger charge is 2.42. The number of carbonyl (C=O) groups excluding carboxylic acids is 1. The third-order valence-corrected chi connectivity index (χ3v) is 8.35. The summed E-state index contributed by atoms with van der Waals surface area (Å²) in [5, 5.41) is 17.5. The van der Waals surface area contributed by atoms with Crippen LogP contribution in [0.15, 0.2) is 48.5 Å². The van der Waals surface area contributed by atoms with E-state index in [0.29, 0.717) is 19.6 Å². The molecule has 1 amide bonds. The lowest BCUT2D eigenvalue weighted by Gasteiger charge is -2.40. The average Bonchev–Trinajstić information content (AvgIpc) is 3.48. The Balaban J connectivity index is 1.37. The molecule has 194 valence electrons. The van der Waals surface area contributed by atoms with Crippen molar-refractivity contribution in [2.45, 2.75) is 56.8 Å². The molecule has 0 bridgehead atoms. The molecule has 38 heavy (non-hydrogen) atoms. The number of benzene rings is 3. The Bertz CT molecular complexity index is 1760.